The predicted molar refractivity (Wildman–Crippen MR) is 157 cm³/mol. The minimum atomic E-state index is 0.0437. The summed E-state index contributed by atoms with van der Waals surface area (Å²) in [4.78, 5) is 31.5. The molecule has 1 saturated heterocycles. The lowest BCUT2D eigenvalue weighted by Crippen LogP contribution is -2.51. The highest BCUT2D eigenvalue weighted by Gasteiger charge is 2.33. The molecule has 3 aromatic carbocycles. The van der Waals surface area contributed by atoms with Crippen molar-refractivity contribution < 1.29 is 19.1 Å². The number of carbonyl (C=O) groups excluding carboxylic acids is 2. The number of hydrogen-bond acceptors (Lipinski definition) is 5. The molecule has 0 atom stereocenters. The van der Waals surface area contributed by atoms with E-state index in [2.05, 4.69) is 11.0 Å². The first-order valence-corrected chi connectivity index (χ1v) is 14.4. The average Bonchev–Trinajstić information content (AvgIpc) is 2.99. The summed E-state index contributed by atoms with van der Waals surface area (Å²) in [5.41, 5.74) is 3.90. The van der Waals surface area contributed by atoms with Crippen molar-refractivity contribution in [2.75, 3.05) is 50.8 Å². The normalized spacial score (nSPS) is 15.8. The maximum atomic E-state index is 12.7. The molecule has 5 rings (SSSR count). The van der Waals surface area contributed by atoms with Crippen LogP contribution in [0, 0.1) is 0 Å². The van der Waals surface area contributed by atoms with Crippen molar-refractivity contribution in [2.24, 2.45) is 0 Å². The van der Waals surface area contributed by atoms with Crippen LogP contribution in [-0.2, 0) is 11.2 Å². The lowest BCUT2D eigenvalue weighted by molar-refractivity contribution is -0.122. The Bertz CT molecular complexity index is 1300. The second kappa shape index (κ2) is 13.0. The molecule has 0 spiro atoms. The van der Waals surface area contributed by atoms with Gasteiger partial charge in [0, 0.05) is 50.7 Å². The number of likely N-dealkylation sites (tertiary alicyclic amines) is 1. The Balaban J connectivity index is 1.12. The molecule has 0 unspecified atom stereocenters. The number of para-hydroxylation sites is 3. The number of ether oxygens (including phenoxy) is 2. The predicted octanol–water partition coefficient (Wildman–Crippen LogP) is 5.03. The summed E-state index contributed by atoms with van der Waals surface area (Å²) in [6.45, 7) is 8.85. The summed E-state index contributed by atoms with van der Waals surface area (Å²) < 4.78 is 11.9. The van der Waals surface area contributed by atoms with Gasteiger partial charge in [0.2, 0.25) is 0 Å². The van der Waals surface area contributed by atoms with Gasteiger partial charge in [0.25, 0.3) is 11.8 Å². The number of nitrogens with zero attached hydrogens (tertiary/aromatic N) is 3. The third kappa shape index (κ3) is 6.31. The summed E-state index contributed by atoms with van der Waals surface area (Å²) in [5, 5.41) is 0. The van der Waals surface area contributed by atoms with Gasteiger partial charge in [0.15, 0.2) is 6.61 Å². The quantitative estimate of drug-likeness (QED) is 0.360. The molecule has 3 aromatic rings. The van der Waals surface area contributed by atoms with Gasteiger partial charge in [0.05, 0.1) is 5.69 Å². The Labute approximate surface area is 237 Å². The van der Waals surface area contributed by atoms with E-state index in [1.165, 1.54) is 0 Å². The van der Waals surface area contributed by atoms with E-state index in [1.54, 1.807) is 0 Å². The number of fused-ring (bicyclic) bond motifs is 1. The zero-order chi connectivity index (χ0) is 27.9. The van der Waals surface area contributed by atoms with Gasteiger partial charge < -0.3 is 19.3 Å². The van der Waals surface area contributed by atoms with Crippen LogP contribution in [0.25, 0.3) is 0 Å². The first-order valence-electron chi connectivity index (χ1n) is 14.4. The van der Waals surface area contributed by atoms with Crippen LogP contribution in [0.2, 0.25) is 0 Å². The molecule has 0 aromatic heterocycles. The Morgan fingerprint density at radius 2 is 1.65 bits per heavy atom. The van der Waals surface area contributed by atoms with Crippen molar-refractivity contribution in [3.8, 4) is 11.5 Å². The third-order valence-electron chi connectivity index (χ3n) is 7.95. The Kier molecular flexibility index (Phi) is 9.01. The van der Waals surface area contributed by atoms with E-state index in [1.807, 2.05) is 90.4 Å². The smallest absolute Gasteiger partial charge is 0.265 e. The molecule has 2 aliphatic rings. The molecule has 0 bridgehead atoms. The highest BCUT2D eigenvalue weighted by molar-refractivity contribution is 5.98. The van der Waals surface area contributed by atoms with Crippen molar-refractivity contribution in [3.63, 3.8) is 0 Å². The van der Waals surface area contributed by atoms with Gasteiger partial charge in [0.1, 0.15) is 18.1 Å². The van der Waals surface area contributed by atoms with Gasteiger partial charge in [-0.3, -0.25) is 14.5 Å². The molecule has 0 saturated carbocycles. The SMILES string of the molecule is CCN(CC)C(=O)c1ccc(Cc2ccccc2OCCN2CCC(N3C(=O)COc4ccccc43)CC2)cc1. The molecule has 0 N–H and O–H groups in total. The van der Waals surface area contributed by atoms with Gasteiger partial charge in [-0.05, 0) is 68.1 Å². The van der Waals surface area contributed by atoms with Crippen molar-refractivity contribution in [1.82, 2.24) is 9.80 Å². The van der Waals surface area contributed by atoms with E-state index in [0.717, 1.165) is 72.8 Å². The second-order valence-electron chi connectivity index (χ2n) is 10.4. The summed E-state index contributed by atoms with van der Waals surface area (Å²) in [6, 6.07) is 24.1. The fraction of sp³-hybridized carbons (Fsp3) is 0.394. The van der Waals surface area contributed by atoms with Gasteiger partial charge in [-0.15, -0.1) is 0 Å². The molecule has 7 heteroatoms. The van der Waals surface area contributed by atoms with E-state index in [0.29, 0.717) is 19.7 Å². The third-order valence-corrected chi connectivity index (χ3v) is 7.95. The van der Waals surface area contributed by atoms with Crippen molar-refractivity contribution in [2.45, 2.75) is 39.2 Å². The lowest BCUT2D eigenvalue weighted by Gasteiger charge is -2.40. The van der Waals surface area contributed by atoms with E-state index in [-0.39, 0.29) is 24.5 Å². The fourth-order valence-corrected chi connectivity index (χ4v) is 5.68. The topological polar surface area (TPSA) is 62.3 Å². The number of hydrogen-bond donors (Lipinski definition) is 0. The minimum Gasteiger partial charge on any atom is -0.492 e. The lowest BCUT2D eigenvalue weighted by atomic mass is 10.0. The summed E-state index contributed by atoms with van der Waals surface area (Å²) >= 11 is 0. The molecule has 40 heavy (non-hydrogen) atoms. The fourth-order valence-electron chi connectivity index (χ4n) is 5.68. The van der Waals surface area contributed by atoms with E-state index >= 15 is 0 Å². The maximum Gasteiger partial charge on any atom is 0.265 e. The summed E-state index contributed by atoms with van der Waals surface area (Å²) in [7, 11) is 0. The van der Waals surface area contributed by atoms with Crippen LogP contribution in [0.3, 0.4) is 0 Å². The van der Waals surface area contributed by atoms with Crippen molar-refractivity contribution in [1.29, 1.82) is 0 Å². The van der Waals surface area contributed by atoms with Crippen LogP contribution in [0.4, 0.5) is 5.69 Å². The molecule has 210 valence electrons. The molecule has 1 fully saturated rings. The molecule has 0 aliphatic carbocycles. The highest BCUT2D eigenvalue weighted by atomic mass is 16.5. The molecule has 2 amide bonds. The summed E-state index contributed by atoms with van der Waals surface area (Å²) in [6.07, 6.45) is 2.61. The molecular formula is C33H39N3O4. The largest absolute Gasteiger partial charge is 0.492 e. The number of benzene rings is 3. The molecule has 2 aliphatic heterocycles. The Morgan fingerprint density at radius 3 is 2.40 bits per heavy atom. The van der Waals surface area contributed by atoms with E-state index < -0.39 is 0 Å². The first kappa shape index (κ1) is 27.7. The van der Waals surface area contributed by atoms with Gasteiger partial charge >= 0.3 is 0 Å². The average molecular weight is 542 g/mol. The Hall–Kier alpha value is -3.84. The number of piperidine rings is 1. The van der Waals surface area contributed by atoms with E-state index in [9.17, 15) is 9.59 Å². The number of anilines is 1. The highest BCUT2D eigenvalue weighted by Crippen LogP contribution is 2.35. The Morgan fingerprint density at radius 1 is 0.950 bits per heavy atom. The summed E-state index contributed by atoms with van der Waals surface area (Å²) in [5.74, 6) is 1.81. The zero-order valence-corrected chi connectivity index (χ0v) is 23.6. The van der Waals surface area contributed by atoms with Crippen LogP contribution in [0.15, 0.2) is 72.8 Å². The molecular weight excluding hydrogens is 502 g/mol. The molecule has 7 nitrogen and oxygen atoms in total. The number of amides is 2. The van der Waals surface area contributed by atoms with Crippen LogP contribution in [0.1, 0.15) is 48.2 Å². The van der Waals surface area contributed by atoms with Crippen LogP contribution in [0.5, 0.6) is 11.5 Å². The zero-order valence-electron chi connectivity index (χ0n) is 23.6. The minimum absolute atomic E-state index is 0.0437. The monoisotopic (exact) mass is 541 g/mol. The van der Waals surface area contributed by atoms with Gasteiger partial charge in [-0.1, -0.05) is 42.5 Å². The van der Waals surface area contributed by atoms with Gasteiger partial charge in [-0.25, -0.2) is 0 Å². The van der Waals surface area contributed by atoms with Crippen LogP contribution >= 0.6 is 0 Å². The van der Waals surface area contributed by atoms with Crippen molar-refractivity contribution >= 4 is 17.5 Å². The van der Waals surface area contributed by atoms with Crippen molar-refractivity contribution in [3.05, 3.63) is 89.5 Å². The molecule has 2 heterocycles. The van der Waals surface area contributed by atoms with Gasteiger partial charge in [-0.2, -0.15) is 0 Å². The van der Waals surface area contributed by atoms with Crippen LogP contribution < -0.4 is 14.4 Å². The standard InChI is InChI=1S/C33H39N3O4/c1-3-35(4-2)33(38)26-15-13-25(14-16-26)23-27-9-5-7-11-30(27)39-22-21-34-19-17-28(18-20-34)36-29-10-6-8-12-31(29)40-24-32(36)37/h5-16,28H,3-4,17-24H2,1-2H3. The van der Waals surface area contributed by atoms with E-state index in [4.69, 9.17) is 9.47 Å². The molecule has 0 radical (unpaired) electrons. The number of carbonyl (C=O) groups is 2. The maximum absolute atomic E-state index is 12.7. The first-order chi connectivity index (χ1) is 19.6. The second-order valence-corrected chi connectivity index (χ2v) is 10.4. The number of rotatable bonds is 10. The van der Waals surface area contributed by atoms with Crippen LogP contribution in [-0.4, -0.2) is 73.6 Å².